The Bertz CT molecular complexity index is 271. The minimum atomic E-state index is -2.61. The summed E-state index contributed by atoms with van der Waals surface area (Å²) in [6, 6.07) is 9.27. The second kappa shape index (κ2) is 3.59. The van der Waals surface area contributed by atoms with Crippen molar-refractivity contribution in [3.05, 3.63) is 30.3 Å². The first-order valence-corrected chi connectivity index (χ1v) is 6.87. The highest BCUT2D eigenvalue weighted by atomic mass is 32.9. The van der Waals surface area contributed by atoms with Gasteiger partial charge in [0.1, 0.15) is 0 Å². The fraction of sp³-hybridized carbons (Fsp3) is 0. The van der Waals surface area contributed by atoms with Gasteiger partial charge in [0.15, 0.2) is 0 Å². The Hall–Kier alpha value is -0.0200. The lowest BCUT2D eigenvalue weighted by atomic mass is 10.3. The molecule has 2 nitrogen and oxygen atoms in total. The standard InChI is InChI=1S/C6H8NOPS2/c8-9(10,11)7-6-4-2-1-3-5-6/h1-5H,(H3,7,8,10,11). The molecule has 0 saturated heterocycles. The summed E-state index contributed by atoms with van der Waals surface area (Å²) >= 11 is 8.52. The molecule has 0 bridgehead atoms. The molecule has 11 heavy (non-hydrogen) atoms. The fourth-order valence-electron chi connectivity index (χ4n) is 0.681. The lowest BCUT2D eigenvalue weighted by Crippen LogP contribution is -1.88. The van der Waals surface area contributed by atoms with Gasteiger partial charge in [0, 0.05) is 5.69 Å². The third-order valence-electron chi connectivity index (χ3n) is 1.05. The van der Waals surface area contributed by atoms with E-state index in [1.165, 1.54) is 0 Å². The van der Waals surface area contributed by atoms with Crippen LogP contribution in [0.4, 0.5) is 5.69 Å². The summed E-state index contributed by atoms with van der Waals surface area (Å²) in [7, 11) is 0. The van der Waals surface area contributed by atoms with Gasteiger partial charge in [-0.3, -0.25) is 0 Å². The topological polar surface area (TPSA) is 32.3 Å². The third kappa shape index (κ3) is 3.77. The van der Waals surface area contributed by atoms with Crippen molar-refractivity contribution in [2.45, 2.75) is 0 Å². The molecule has 0 aliphatic carbocycles. The van der Waals surface area contributed by atoms with Crippen molar-refractivity contribution in [1.29, 1.82) is 0 Å². The maximum atomic E-state index is 9.15. The zero-order valence-corrected chi connectivity index (χ0v) is 8.24. The summed E-state index contributed by atoms with van der Waals surface area (Å²) in [5.41, 5.74) is -1.81. The maximum Gasteiger partial charge on any atom is 0.204 e. The van der Waals surface area contributed by atoms with Gasteiger partial charge in [-0.15, -0.1) is 0 Å². The Morgan fingerprint density at radius 1 is 1.36 bits per heavy atom. The van der Waals surface area contributed by atoms with Crippen molar-refractivity contribution in [3.63, 3.8) is 0 Å². The van der Waals surface area contributed by atoms with Gasteiger partial charge in [0.25, 0.3) is 0 Å². The van der Waals surface area contributed by atoms with Gasteiger partial charge in [0.2, 0.25) is 5.62 Å². The third-order valence-corrected chi connectivity index (χ3v) is 2.17. The fourth-order valence-corrected chi connectivity index (χ4v) is 1.83. The van der Waals surface area contributed by atoms with Crippen molar-refractivity contribution in [3.8, 4) is 0 Å². The van der Waals surface area contributed by atoms with E-state index in [-0.39, 0.29) is 0 Å². The first-order chi connectivity index (χ1) is 5.08. The first-order valence-electron chi connectivity index (χ1n) is 2.97. The number of nitrogens with one attached hydrogen (secondary N) is 1. The van der Waals surface area contributed by atoms with E-state index in [1.807, 2.05) is 30.3 Å². The van der Waals surface area contributed by atoms with E-state index in [0.717, 1.165) is 5.69 Å². The Morgan fingerprint density at radius 2 is 1.91 bits per heavy atom. The number of hydrogen-bond donors (Lipinski definition) is 3. The first kappa shape index (κ1) is 9.07. The molecule has 5 heteroatoms. The van der Waals surface area contributed by atoms with Crippen molar-refractivity contribution in [2.75, 3.05) is 5.09 Å². The summed E-state index contributed by atoms with van der Waals surface area (Å²) in [5, 5.41) is 2.73. The van der Waals surface area contributed by atoms with E-state index in [4.69, 9.17) is 4.89 Å². The van der Waals surface area contributed by atoms with E-state index in [9.17, 15) is 0 Å². The van der Waals surface area contributed by atoms with Crippen molar-refractivity contribution >= 4 is 35.4 Å². The largest absolute Gasteiger partial charge is 0.342 e. The molecule has 0 radical (unpaired) electrons. The molecule has 1 rings (SSSR count). The van der Waals surface area contributed by atoms with Crippen LogP contribution in [0.15, 0.2) is 30.3 Å². The van der Waals surface area contributed by atoms with Gasteiger partial charge in [-0.05, 0) is 23.9 Å². The Balaban J connectivity index is 2.74. The molecule has 0 saturated carbocycles. The van der Waals surface area contributed by atoms with Crippen molar-refractivity contribution < 1.29 is 4.89 Å². The highest BCUT2D eigenvalue weighted by Gasteiger charge is 2.03. The van der Waals surface area contributed by atoms with Gasteiger partial charge in [-0.25, -0.2) is 0 Å². The quantitative estimate of drug-likeness (QED) is 0.511. The van der Waals surface area contributed by atoms with E-state index in [0.29, 0.717) is 0 Å². The average molecular weight is 205 g/mol. The highest BCUT2D eigenvalue weighted by molar-refractivity contribution is 8.61. The number of benzene rings is 1. The van der Waals surface area contributed by atoms with E-state index < -0.39 is 5.62 Å². The molecule has 60 valence electrons. The van der Waals surface area contributed by atoms with Crippen LogP contribution in [0, 0.1) is 0 Å². The number of rotatable bonds is 2. The smallest absolute Gasteiger partial charge is 0.204 e. The SMILES string of the molecule is OP(=S)(S)Nc1ccccc1. The molecular formula is C6H8NOPS2. The number of para-hydroxylation sites is 1. The minimum Gasteiger partial charge on any atom is -0.342 e. The summed E-state index contributed by atoms with van der Waals surface area (Å²) in [6.45, 7) is 0. The molecular weight excluding hydrogens is 197 g/mol. The second-order valence-electron chi connectivity index (χ2n) is 2.02. The zero-order chi connectivity index (χ0) is 8.32. The monoisotopic (exact) mass is 205 g/mol. The molecule has 2 N–H and O–H groups in total. The molecule has 0 heterocycles. The van der Waals surface area contributed by atoms with Gasteiger partial charge < -0.3 is 9.98 Å². The van der Waals surface area contributed by atoms with E-state index >= 15 is 0 Å². The maximum absolute atomic E-state index is 9.15. The van der Waals surface area contributed by atoms with E-state index in [2.05, 4.69) is 29.1 Å². The second-order valence-corrected chi connectivity index (χ2v) is 7.47. The summed E-state index contributed by atoms with van der Waals surface area (Å²) in [4.78, 5) is 9.15. The van der Waals surface area contributed by atoms with Crippen LogP contribution >= 0.6 is 17.9 Å². The molecule has 1 unspecified atom stereocenters. The summed E-state index contributed by atoms with van der Waals surface area (Å²) in [6.07, 6.45) is 0. The Morgan fingerprint density at radius 3 is 2.36 bits per heavy atom. The molecule has 1 atom stereocenters. The Labute approximate surface area is 75.9 Å². The predicted octanol–water partition coefficient (Wildman–Crippen LogP) is 2.25. The van der Waals surface area contributed by atoms with Gasteiger partial charge in [-0.2, -0.15) is 0 Å². The minimum absolute atomic E-state index is 0.799. The van der Waals surface area contributed by atoms with Crippen LogP contribution in [-0.4, -0.2) is 4.89 Å². The normalized spacial score (nSPS) is 15.5. The van der Waals surface area contributed by atoms with Crippen LogP contribution in [0.25, 0.3) is 0 Å². The molecule has 0 aliphatic heterocycles. The summed E-state index contributed by atoms with van der Waals surface area (Å²) < 4.78 is 0. The van der Waals surface area contributed by atoms with Crippen molar-refractivity contribution in [2.24, 2.45) is 0 Å². The number of thiol groups is 1. The number of hydrogen-bond acceptors (Lipinski definition) is 1. The molecule has 0 fully saturated rings. The van der Waals surface area contributed by atoms with Gasteiger partial charge >= 0.3 is 0 Å². The Kier molecular flexibility index (Phi) is 2.96. The number of anilines is 1. The van der Waals surface area contributed by atoms with Crippen LogP contribution in [0.5, 0.6) is 0 Å². The molecule has 0 amide bonds. The molecule has 0 aliphatic rings. The van der Waals surface area contributed by atoms with Crippen LogP contribution in [0.2, 0.25) is 0 Å². The zero-order valence-electron chi connectivity index (χ0n) is 5.64. The molecule has 0 spiro atoms. The molecule has 1 aromatic rings. The summed E-state index contributed by atoms with van der Waals surface area (Å²) in [5.74, 6) is 0. The average Bonchev–Trinajstić information content (AvgIpc) is 1.85. The lowest BCUT2D eigenvalue weighted by molar-refractivity contribution is 0.644. The predicted molar refractivity (Wildman–Crippen MR) is 55.6 cm³/mol. The van der Waals surface area contributed by atoms with Crippen LogP contribution < -0.4 is 5.09 Å². The van der Waals surface area contributed by atoms with Crippen LogP contribution in [0.1, 0.15) is 0 Å². The highest BCUT2D eigenvalue weighted by Crippen LogP contribution is 2.45. The molecule has 0 aromatic heterocycles. The van der Waals surface area contributed by atoms with Crippen molar-refractivity contribution in [1.82, 2.24) is 0 Å². The van der Waals surface area contributed by atoms with Crippen LogP contribution in [0.3, 0.4) is 0 Å². The van der Waals surface area contributed by atoms with Gasteiger partial charge in [0.05, 0.1) is 0 Å². The van der Waals surface area contributed by atoms with E-state index in [1.54, 1.807) is 0 Å². The van der Waals surface area contributed by atoms with Crippen LogP contribution in [-0.2, 0) is 11.8 Å². The molecule has 1 aromatic carbocycles. The lowest BCUT2D eigenvalue weighted by Gasteiger charge is -2.10. The van der Waals surface area contributed by atoms with Gasteiger partial charge in [-0.1, -0.05) is 30.4 Å².